The molecule has 2 aromatic carbocycles. The van der Waals surface area contributed by atoms with Crippen LogP contribution in [-0.4, -0.2) is 53.6 Å². The summed E-state index contributed by atoms with van der Waals surface area (Å²) in [6, 6.07) is 17.4. The standard InChI is InChI=1S/C23H26N2O2/c26-23(27)10-5-11-24-12-14-25(15-13-24)22-17-19-7-2-1-6-18(19)16-20-8-3-4-9-21(20)22/h1-4,6-9,17H,5,10-16H2,(H,26,27). The van der Waals surface area contributed by atoms with Crippen molar-refractivity contribution < 1.29 is 9.90 Å². The Kier molecular flexibility index (Phi) is 5.26. The van der Waals surface area contributed by atoms with Crippen molar-refractivity contribution in [1.29, 1.82) is 0 Å². The molecule has 4 heteroatoms. The molecule has 1 fully saturated rings. The third kappa shape index (κ3) is 4.06. The Balaban J connectivity index is 1.53. The Morgan fingerprint density at radius 1 is 0.926 bits per heavy atom. The van der Waals surface area contributed by atoms with Gasteiger partial charge in [0.25, 0.3) is 0 Å². The third-order valence-corrected chi connectivity index (χ3v) is 5.60. The van der Waals surface area contributed by atoms with Gasteiger partial charge in [-0.1, -0.05) is 48.5 Å². The van der Waals surface area contributed by atoms with Crippen LogP contribution in [0.4, 0.5) is 0 Å². The van der Waals surface area contributed by atoms with Crippen LogP contribution in [0.25, 0.3) is 11.8 Å². The fourth-order valence-electron chi connectivity index (χ4n) is 4.12. The van der Waals surface area contributed by atoms with Crippen molar-refractivity contribution in [3.05, 3.63) is 70.8 Å². The summed E-state index contributed by atoms with van der Waals surface area (Å²) in [5.74, 6) is -0.701. The van der Waals surface area contributed by atoms with E-state index >= 15 is 0 Å². The number of fused-ring (bicyclic) bond motifs is 2. The molecule has 0 atom stereocenters. The second kappa shape index (κ2) is 7.97. The quantitative estimate of drug-likeness (QED) is 0.883. The average molecular weight is 362 g/mol. The Morgan fingerprint density at radius 2 is 1.63 bits per heavy atom. The summed E-state index contributed by atoms with van der Waals surface area (Å²) in [7, 11) is 0. The maximum atomic E-state index is 10.7. The van der Waals surface area contributed by atoms with E-state index in [0.717, 1.165) is 45.6 Å². The molecule has 0 spiro atoms. The van der Waals surface area contributed by atoms with Gasteiger partial charge in [-0.2, -0.15) is 0 Å². The van der Waals surface area contributed by atoms with Crippen LogP contribution >= 0.6 is 0 Å². The molecule has 1 N–H and O–H groups in total. The van der Waals surface area contributed by atoms with Crippen molar-refractivity contribution in [3.8, 4) is 0 Å². The highest BCUT2D eigenvalue weighted by Gasteiger charge is 2.23. The van der Waals surface area contributed by atoms with Gasteiger partial charge in [0.2, 0.25) is 0 Å². The first-order chi connectivity index (χ1) is 13.2. The zero-order chi connectivity index (χ0) is 18.6. The normalized spacial score (nSPS) is 16.9. The number of carbonyl (C=O) groups is 1. The number of rotatable bonds is 5. The van der Waals surface area contributed by atoms with Gasteiger partial charge in [-0.25, -0.2) is 0 Å². The van der Waals surface area contributed by atoms with Crippen LogP contribution in [0.2, 0.25) is 0 Å². The molecule has 1 heterocycles. The van der Waals surface area contributed by atoms with Gasteiger partial charge in [0, 0.05) is 43.9 Å². The monoisotopic (exact) mass is 362 g/mol. The number of carboxylic acids is 1. The molecule has 4 rings (SSSR count). The number of nitrogens with zero attached hydrogens (tertiary/aromatic N) is 2. The Hall–Kier alpha value is -2.59. The first-order valence-electron chi connectivity index (χ1n) is 9.78. The van der Waals surface area contributed by atoms with E-state index in [-0.39, 0.29) is 6.42 Å². The van der Waals surface area contributed by atoms with Gasteiger partial charge in [0.15, 0.2) is 0 Å². The largest absolute Gasteiger partial charge is 0.481 e. The minimum Gasteiger partial charge on any atom is -0.481 e. The van der Waals surface area contributed by atoms with Crippen LogP contribution in [0.5, 0.6) is 0 Å². The van der Waals surface area contributed by atoms with Crippen LogP contribution in [0.3, 0.4) is 0 Å². The molecule has 2 aliphatic rings. The van der Waals surface area contributed by atoms with Crippen molar-refractivity contribution in [2.75, 3.05) is 32.7 Å². The van der Waals surface area contributed by atoms with E-state index in [1.54, 1.807) is 0 Å². The van der Waals surface area contributed by atoms with Gasteiger partial charge in [0.1, 0.15) is 0 Å². The maximum absolute atomic E-state index is 10.7. The van der Waals surface area contributed by atoms with Crippen molar-refractivity contribution in [2.45, 2.75) is 19.3 Å². The zero-order valence-corrected chi connectivity index (χ0v) is 15.6. The molecule has 0 amide bonds. The van der Waals surface area contributed by atoms with Gasteiger partial charge < -0.3 is 10.0 Å². The molecule has 27 heavy (non-hydrogen) atoms. The average Bonchev–Trinajstić information content (AvgIpc) is 2.85. The lowest BCUT2D eigenvalue weighted by Crippen LogP contribution is -2.45. The summed E-state index contributed by atoms with van der Waals surface area (Å²) in [6.45, 7) is 4.81. The molecule has 2 aromatic rings. The highest BCUT2D eigenvalue weighted by molar-refractivity contribution is 5.84. The van der Waals surface area contributed by atoms with Crippen LogP contribution < -0.4 is 0 Å². The number of hydrogen-bond acceptors (Lipinski definition) is 3. The second-order valence-electron chi connectivity index (χ2n) is 7.39. The number of benzene rings is 2. The number of aliphatic carboxylic acids is 1. The predicted octanol–water partition coefficient (Wildman–Crippen LogP) is 3.57. The molecule has 0 radical (unpaired) electrons. The van der Waals surface area contributed by atoms with E-state index in [4.69, 9.17) is 5.11 Å². The fourth-order valence-corrected chi connectivity index (χ4v) is 4.12. The Labute approximate surface area is 160 Å². The van der Waals surface area contributed by atoms with Gasteiger partial charge in [0.05, 0.1) is 0 Å². The van der Waals surface area contributed by atoms with E-state index in [1.165, 1.54) is 28.0 Å². The fraction of sp³-hybridized carbons (Fsp3) is 0.348. The first-order valence-corrected chi connectivity index (χ1v) is 9.78. The second-order valence-corrected chi connectivity index (χ2v) is 7.39. The van der Waals surface area contributed by atoms with E-state index in [2.05, 4.69) is 64.4 Å². The lowest BCUT2D eigenvalue weighted by molar-refractivity contribution is -0.137. The minimum atomic E-state index is -0.701. The van der Waals surface area contributed by atoms with Crippen molar-refractivity contribution in [2.24, 2.45) is 0 Å². The first kappa shape index (κ1) is 17.8. The Morgan fingerprint density at radius 3 is 2.41 bits per heavy atom. The molecule has 4 nitrogen and oxygen atoms in total. The molecular formula is C23H26N2O2. The highest BCUT2D eigenvalue weighted by Crippen LogP contribution is 2.32. The molecule has 0 bridgehead atoms. The predicted molar refractivity (Wildman–Crippen MR) is 108 cm³/mol. The summed E-state index contributed by atoms with van der Waals surface area (Å²) in [5.41, 5.74) is 6.74. The van der Waals surface area contributed by atoms with Crippen molar-refractivity contribution in [1.82, 2.24) is 9.80 Å². The molecule has 0 unspecified atom stereocenters. The zero-order valence-electron chi connectivity index (χ0n) is 15.6. The summed E-state index contributed by atoms with van der Waals surface area (Å²) < 4.78 is 0. The topological polar surface area (TPSA) is 43.8 Å². The van der Waals surface area contributed by atoms with Gasteiger partial charge in [-0.05, 0) is 42.2 Å². The molecule has 1 aliphatic heterocycles. The van der Waals surface area contributed by atoms with Gasteiger partial charge >= 0.3 is 5.97 Å². The van der Waals surface area contributed by atoms with Crippen LogP contribution in [0.1, 0.15) is 35.1 Å². The number of carboxylic acid groups (broad SMARTS) is 1. The lowest BCUT2D eigenvalue weighted by atomic mass is 9.99. The molecular weight excluding hydrogens is 336 g/mol. The minimum absolute atomic E-state index is 0.259. The number of piperazine rings is 1. The third-order valence-electron chi connectivity index (χ3n) is 5.60. The van der Waals surface area contributed by atoms with E-state index in [1.807, 2.05) is 0 Å². The highest BCUT2D eigenvalue weighted by atomic mass is 16.4. The summed E-state index contributed by atoms with van der Waals surface area (Å²) in [4.78, 5) is 15.6. The van der Waals surface area contributed by atoms with E-state index in [9.17, 15) is 4.79 Å². The molecule has 0 saturated carbocycles. The summed E-state index contributed by atoms with van der Waals surface area (Å²) >= 11 is 0. The van der Waals surface area contributed by atoms with Crippen molar-refractivity contribution >= 4 is 17.7 Å². The van der Waals surface area contributed by atoms with Crippen LogP contribution in [-0.2, 0) is 11.2 Å². The lowest BCUT2D eigenvalue weighted by Gasteiger charge is -2.37. The SMILES string of the molecule is O=C(O)CCCN1CCN(C2=Cc3ccccc3Cc3ccccc32)CC1. The van der Waals surface area contributed by atoms with Gasteiger partial charge in [-0.3, -0.25) is 9.69 Å². The molecule has 1 saturated heterocycles. The van der Waals surface area contributed by atoms with E-state index in [0.29, 0.717) is 0 Å². The molecule has 140 valence electrons. The molecule has 1 aliphatic carbocycles. The van der Waals surface area contributed by atoms with E-state index < -0.39 is 5.97 Å². The van der Waals surface area contributed by atoms with Crippen LogP contribution in [0, 0.1) is 0 Å². The number of hydrogen-bond donors (Lipinski definition) is 1. The summed E-state index contributed by atoms with van der Waals surface area (Å²) in [6.07, 6.45) is 4.31. The van der Waals surface area contributed by atoms with Crippen LogP contribution in [0.15, 0.2) is 48.5 Å². The smallest absolute Gasteiger partial charge is 0.303 e. The maximum Gasteiger partial charge on any atom is 0.303 e. The molecule has 0 aromatic heterocycles. The summed E-state index contributed by atoms with van der Waals surface area (Å²) in [5, 5.41) is 8.82. The Bertz CT molecular complexity index is 851. The van der Waals surface area contributed by atoms with Crippen molar-refractivity contribution in [3.63, 3.8) is 0 Å². The van der Waals surface area contributed by atoms with Gasteiger partial charge in [-0.15, -0.1) is 0 Å².